The van der Waals surface area contributed by atoms with Crippen molar-refractivity contribution in [2.24, 2.45) is 11.8 Å². The summed E-state index contributed by atoms with van der Waals surface area (Å²) in [6, 6.07) is 3.75. The first kappa shape index (κ1) is 25.4. The molecule has 1 aliphatic heterocycles. The van der Waals surface area contributed by atoms with Gasteiger partial charge in [-0.3, -0.25) is 4.79 Å². The predicted molar refractivity (Wildman–Crippen MR) is 133 cm³/mol. The van der Waals surface area contributed by atoms with Crippen molar-refractivity contribution in [1.29, 1.82) is 0 Å². The van der Waals surface area contributed by atoms with Gasteiger partial charge in [0.15, 0.2) is 11.5 Å². The van der Waals surface area contributed by atoms with Crippen molar-refractivity contribution in [3.63, 3.8) is 0 Å². The van der Waals surface area contributed by atoms with Crippen LogP contribution in [-0.4, -0.2) is 55.3 Å². The number of piperidine rings is 1. The molecule has 0 bridgehead atoms. The van der Waals surface area contributed by atoms with Crippen LogP contribution in [0.4, 0.5) is 0 Å². The smallest absolute Gasteiger partial charge is 0.329 e. The summed E-state index contributed by atoms with van der Waals surface area (Å²) in [5.74, 6) is 0.188. The molecule has 2 unspecified atom stereocenters. The van der Waals surface area contributed by atoms with Crippen LogP contribution >= 0.6 is 0 Å². The fraction of sp³-hybridized carbons (Fsp3) is 0.643. The van der Waals surface area contributed by atoms with E-state index in [4.69, 9.17) is 14.2 Å². The van der Waals surface area contributed by atoms with Crippen molar-refractivity contribution in [1.82, 2.24) is 4.90 Å². The van der Waals surface area contributed by atoms with E-state index in [0.717, 1.165) is 44.1 Å². The Bertz CT molecular complexity index is 920. The van der Waals surface area contributed by atoms with Crippen LogP contribution in [0.5, 0.6) is 17.2 Å². The molecule has 7 nitrogen and oxygen atoms in total. The molecule has 2 fully saturated rings. The Morgan fingerprint density at radius 3 is 2.11 bits per heavy atom. The maximum absolute atomic E-state index is 14.6. The summed E-state index contributed by atoms with van der Waals surface area (Å²) < 4.78 is 16.7. The van der Waals surface area contributed by atoms with Gasteiger partial charge in [-0.25, -0.2) is 4.79 Å². The van der Waals surface area contributed by atoms with Gasteiger partial charge in [0, 0.05) is 6.54 Å². The number of likely N-dealkylation sites (tertiary alicyclic amines) is 1. The van der Waals surface area contributed by atoms with E-state index in [1.807, 2.05) is 12.1 Å². The number of carboxylic acids is 1. The van der Waals surface area contributed by atoms with Crippen molar-refractivity contribution < 1.29 is 28.9 Å². The van der Waals surface area contributed by atoms with Gasteiger partial charge in [-0.1, -0.05) is 31.4 Å². The molecule has 2 atom stereocenters. The number of benzene rings is 1. The molecule has 1 heterocycles. The molecule has 2 aliphatic carbocycles. The van der Waals surface area contributed by atoms with Crippen molar-refractivity contribution in [2.45, 2.75) is 75.7 Å². The van der Waals surface area contributed by atoms with E-state index < -0.39 is 17.4 Å². The van der Waals surface area contributed by atoms with Gasteiger partial charge in [0.2, 0.25) is 11.7 Å². The SMILES string of the molecule is COc1cc(C(C(=O)N2CCCCC2(C(=O)O)C2CC=CC2)C2CCCCC2)cc(OC)c1OC. The monoisotopic (exact) mass is 485 g/mol. The number of methoxy groups -OCH3 is 3. The average molecular weight is 486 g/mol. The van der Waals surface area contributed by atoms with Crippen molar-refractivity contribution in [2.75, 3.05) is 27.9 Å². The molecule has 1 saturated carbocycles. The lowest BCUT2D eigenvalue weighted by molar-refractivity contribution is -0.169. The molecule has 0 radical (unpaired) electrons. The fourth-order valence-corrected chi connectivity index (χ4v) is 6.67. The Kier molecular flexibility index (Phi) is 7.92. The second kappa shape index (κ2) is 10.9. The molecular weight excluding hydrogens is 446 g/mol. The number of ether oxygens (including phenoxy) is 3. The maximum Gasteiger partial charge on any atom is 0.329 e. The minimum absolute atomic E-state index is 0.0693. The number of carbonyl (C=O) groups is 2. The number of hydrogen-bond donors (Lipinski definition) is 1. The molecule has 1 aromatic carbocycles. The van der Waals surface area contributed by atoms with Crippen molar-refractivity contribution in [3.8, 4) is 17.2 Å². The summed E-state index contributed by atoms with van der Waals surface area (Å²) in [4.78, 5) is 29.2. The van der Waals surface area contributed by atoms with Gasteiger partial charge >= 0.3 is 5.97 Å². The Balaban J connectivity index is 1.81. The highest BCUT2D eigenvalue weighted by molar-refractivity contribution is 5.91. The highest BCUT2D eigenvalue weighted by atomic mass is 16.5. The molecule has 1 N–H and O–H groups in total. The van der Waals surface area contributed by atoms with Crippen LogP contribution in [0.15, 0.2) is 24.3 Å². The number of allylic oxidation sites excluding steroid dienone is 2. The average Bonchev–Trinajstić information content (AvgIpc) is 3.44. The molecule has 1 amide bonds. The summed E-state index contributed by atoms with van der Waals surface area (Å²) in [5, 5.41) is 10.6. The molecule has 35 heavy (non-hydrogen) atoms. The van der Waals surface area contributed by atoms with E-state index in [2.05, 4.69) is 12.2 Å². The minimum Gasteiger partial charge on any atom is -0.493 e. The Morgan fingerprint density at radius 1 is 0.943 bits per heavy atom. The van der Waals surface area contributed by atoms with Crippen LogP contribution in [0.2, 0.25) is 0 Å². The van der Waals surface area contributed by atoms with Crippen molar-refractivity contribution >= 4 is 11.9 Å². The van der Waals surface area contributed by atoms with E-state index in [1.165, 1.54) is 6.42 Å². The minimum atomic E-state index is -1.16. The van der Waals surface area contributed by atoms with E-state index in [-0.39, 0.29) is 17.7 Å². The second-order valence-corrected chi connectivity index (χ2v) is 10.2. The first-order valence-electron chi connectivity index (χ1n) is 13.0. The van der Waals surface area contributed by atoms with Gasteiger partial charge in [-0.15, -0.1) is 0 Å². The van der Waals surface area contributed by atoms with Crippen molar-refractivity contribution in [3.05, 3.63) is 29.8 Å². The maximum atomic E-state index is 14.6. The number of aliphatic carboxylic acids is 1. The van der Waals surface area contributed by atoms with Gasteiger partial charge in [-0.05, 0) is 74.5 Å². The van der Waals surface area contributed by atoms with Crippen LogP contribution in [0.25, 0.3) is 0 Å². The number of carbonyl (C=O) groups excluding carboxylic acids is 1. The third-order valence-electron chi connectivity index (χ3n) is 8.42. The zero-order chi connectivity index (χ0) is 25.0. The molecule has 192 valence electrons. The van der Waals surface area contributed by atoms with E-state index in [0.29, 0.717) is 43.1 Å². The summed E-state index contributed by atoms with van der Waals surface area (Å²) in [5.41, 5.74) is -0.349. The van der Waals surface area contributed by atoms with E-state index >= 15 is 0 Å². The fourth-order valence-electron chi connectivity index (χ4n) is 6.67. The standard InChI is InChI=1S/C28H39NO6/c1-33-22-17-20(18-23(34-2)25(22)35-3)24(19-11-5-4-6-12-19)26(30)29-16-10-9-15-28(29,27(31)32)21-13-7-8-14-21/h7-8,17-19,21,24H,4-6,9-16H2,1-3H3,(H,31,32). The lowest BCUT2D eigenvalue weighted by Crippen LogP contribution is -2.64. The summed E-state index contributed by atoms with van der Waals surface area (Å²) >= 11 is 0. The van der Waals surface area contributed by atoms with Gasteiger partial charge < -0.3 is 24.2 Å². The molecule has 4 rings (SSSR count). The first-order chi connectivity index (χ1) is 17.0. The molecule has 1 aromatic rings. The van der Waals surface area contributed by atoms with Gasteiger partial charge in [0.25, 0.3) is 0 Å². The summed E-state index contributed by atoms with van der Waals surface area (Å²) in [6.07, 6.45) is 12.9. The largest absolute Gasteiger partial charge is 0.493 e. The first-order valence-corrected chi connectivity index (χ1v) is 13.0. The zero-order valence-electron chi connectivity index (χ0n) is 21.3. The molecule has 1 saturated heterocycles. The van der Waals surface area contributed by atoms with Gasteiger partial charge in [0.1, 0.15) is 5.54 Å². The normalized spacial score (nSPS) is 24.3. The molecule has 0 spiro atoms. The third-order valence-corrected chi connectivity index (χ3v) is 8.42. The van der Waals surface area contributed by atoms with Crippen LogP contribution in [0.1, 0.15) is 75.7 Å². The number of carboxylic acid groups (broad SMARTS) is 1. The summed E-state index contributed by atoms with van der Waals surface area (Å²) in [7, 11) is 4.71. The Labute approximate surface area is 208 Å². The third kappa shape index (κ3) is 4.62. The van der Waals surface area contributed by atoms with Gasteiger partial charge in [-0.2, -0.15) is 0 Å². The summed E-state index contributed by atoms with van der Waals surface area (Å²) in [6.45, 7) is 0.481. The predicted octanol–water partition coefficient (Wildman–Crippen LogP) is 5.18. The number of nitrogens with zero attached hydrogens (tertiary/aromatic N) is 1. The Morgan fingerprint density at radius 2 is 1.57 bits per heavy atom. The van der Waals surface area contributed by atoms with E-state index in [1.54, 1.807) is 26.2 Å². The van der Waals surface area contributed by atoms with Crippen LogP contribution in [0, 0.1) is 11.8 Å². The number of hydrogen-bond acceptors (Lipinski definition) is 5. The second-order valence-electron chi connectivity index (χ2n) is 10.2. The highest BCUT2D eigenvalue weighted by Gasteiger charge is 2.54. The molecular formula is C28H39NO6. The van der Waals surface area contributed by atoms with Crippen LogP contribution < -0.4 is 14.2 Å². The van der Waals surface area contributed by atoms with Crippen LogP contribution in [0.3, 0.4) is 0 Å². The number of rotatable bonds is 8. The van der Waals surface area contributed by atoms with Gasteiger partial charge in [0.05, 0.1) is 27.2 Å². The highest BCUT2D eigenvalue weighted by Crippen LogP contribution is 2.47. The van der Waals surface area contributed by atoms with Crippen LogP contribution in [-0.2, 0) is 9.59 Å². The number of amides is 1. The topological polar surface area (TPSA) is 85.3 Å². The lowest BCUT2D eigenvalue weighted by atomic mass is 9.71. The zero-order valence-corrected chi connectivity index (χ0v) is 21.3. The molecule has 3 aliphatic rings. The molecule has 7 heteroatoms. The lowest BCUT2D eigenvalue weighted by Gasteiger charge is -2.49. The van der Waals surface area contributed by atoms with E-state index in [9.17, 15) is 14.7 Å². The Hall–Kier alpha value is -2.70. The quantitative estimate of drug-likeness (QED) is 0.511. The molecule has 0 aromatic heterocycles.